The van der Waals surface area contributed by atoms with E-state index in [-0.39, 0.29) is 0 Å². The smallest absolute Gasteiger partial charge is 0.0469 e. The Balaban J connectivity index is 1.63. The minimum atomic E-state index is 0.436. The molecular weight excluding hydrogens is 188 g/mol. The van der Waals surface area contributed by atoms with Gasteiger partial charge in [0.1, 0.15) is 0 Å². The van der Waals surface area contributed by atoms with Crippen molar-refractivity contribution in [1.29, 1.82) is 0 Å². The Morgan fingerprint density at radius 1 is 1.13 bits per heavy atom. The van der Waals surface area contributed by atoms with E-state index in [1.807, 2.05) is 0 Å². The highest BCUT2D eigenvalue weighted by Gasteiger charge is 2.20. The first-order valence-electron chi connectivity index (χ1n) is 6.41. The lowest BCUT2D eigenvalue weighted by atomic mass is 9.91. The van der Waals surface area contributed by atoms with Gasteiger partial charge in [0.2, 0.25) is 0 Å². The molecule has 0 aromatic heterocycles. The number of hydrogen-bond acceptors (Lipinski definition) is 3. The maximum Gasteiger partial charge on any atom is 0.0469 e. The molecule has 2 atom stereocenters. The third-order valence-electron chi connectivity index (χ3n) is 3.75. The summed E-state index contributed by atoms with van der Waals surface area (Å²) in [6.45, 7) is 3.08. The quantitative estimate of drug-likeness (QED) is 0.740. The molecule has 2 unspecified atom stereocenters. The van der Waals surface area contributed by atoms with Gasteiger partial charge in [-0.25, -0.2) is 0 Å². The van der Waals surface area contributed by atoms with E-state index < -0.39 is 0 Å². The zero-order chi connectivity index (χ0) is 10.5. The molecule has 0 amide bonds. The molecule has 0 spiro atoms. The van der Waals surface area contributed by atoms with Crippen molar-refractivity contribution in [3.63, 3.8) is 0 Å². The number of ether oxygens (including phenoxy) is 1. The molecule has 0 aromatic rings. The minimum absolute atomic E-state index is 0.436. The van der Waals surface area contributed by atoms with E-state index in [2.05, 4.69) is 5.32 Å². The van der Waals surface area contributed by atoms with Crippen LogP contribution in [0.1, 0.15) is 38.5 Å². The SMILES string of the molecule is NC1CCCC(NCC2CCOCC2)C1. The lowest BCUT2D eigenvalue weighted by molar-refractivity contribution is 0.0649. The summed E-state index contributed by atoms with van der Waals surface area (Å²) < 4.78 is 5.36. The van der Waals surface area contributed by atoms with Crippen molar-refractivity contribution in [2.75, 3.05) is 19.8 Å². The van der Waals surface area contributed by atoms with E-state index >= 15 is 0 Å². The predicted molar refractivity (Wildman–Crippen MR) is 61.8 cm³/mol. The summed E-state index contributed by atoms with van der Waals surface area (Å²) in [6, 6.07) is 1.11. The molecular formula is C12H24N2O. The van der Waals surface area contributed by atoms with Gasteiger partial charge in [-0.3, -0.25) is 0 Å². The fraction of sp³-hybridized carbons (Fsp3) is 1.00. The first-order valence-corrected chi connectivity index (χ1v) is 6.41. The van der Waals surface area contributed by atoms with Crippen LogP contribution >= 0.6 is 0 Å². The van der Waals surface area contributed by atoms with Crippen LogP contribution in [0, 0.1) is 5.92 Å². The van der Waals surface area contributed by atoms with Crippen molar-refractivity contribution in [3.8, 4) is 0 Å². The fourth-order valence-electron chi connectivity index (χ4n) is 2.70. The van der Waals surface area contributed by atoms with Gasteiger partial charge in [0.15, 0.2) is 0 Å². The van der Waals surface area contributed by atoms with Gasteiger partial charge in [-0.1, -0.05) is 6.42 Å². The summed E-state index contributed by atoms with van der Waals surface area (Å²) in [6.07, 6.45) is 7.46. The zero-order valence-electron chi connectivity index (χ0n) is 9.58. The van der Waals surface area contributed by atoms with E-state index in [9.17, 15) is 0 Å². The second kappa shape index (κ2) is 5.83. The Morgan fingerprint density at radius 2 is 1.93 bits per heavy atom. The zero-order valence-corrected chi connectivity index (χ0v) is 9.58. The summed E-state index contributed by atoms with van der Waals surface area (Å²) in [4.78, 5) is 0. The number of nitrogens with one attached hydrogen (secondary N) is 1. The van der Waals surface area contributed by atoms with Crippen molar-refractivity contribution >= 4 is 0 Å². The highest BCUT2D eigenvalue weighted by molar-refractivity contribution is 4.80. The second-order valence-electron chi connectivity index (χ2n) is 5.09. The number of hydrogen-bond donors (Lipinski definition) is 2. The molecule has 0 radical (unpaired) electrons. The van der Waals surface area contributed by atoms with Crippen molar-refractivity contribution in [2.24, 2.45) is 11.7 Å². The molecule has 2 rings (SSSR count). The van der Waals surface area contributed by atoms with Crippen LogP contribution in [-0.2, 0) is 4.74 Å². The van der Waals surface area contributed by atoms with Crippen molar-refractivity contribution in [1.82, 2.24) is 5.32 Å². The van der Waals surface area contributed by atoms with Gasteiger partial charge in [-0.05, 0) is 44.6 Å². The molecule has 88 valence electrons. The van der Waals surface area contributed by atoms with Crippen LogP contribution in [0.4, 0.5) is 0 Å². The third-order valence-corrected chi connectivity index (χ3v) is 3.75. The Kier molecular flexibility index (Phi) is 4.42. The Labute approximate surface area is 92.7 Å². The summed E-state index contributed by atoms with van der Waals surface area (Å²) in [5, 5.41) is 3.69. The first-order chi connectivity index (χ1) is 7.34. The topological polar surface area (TPSA) is 47.3 Å². The summed E-state index contributed by atoms with van der Waals surface area (Å²) in [5.74, 6) is 0.830. The Bertz CT molecular complexity index is 180. The monoisotopic (exact) mass is 212 g/mol. The van der Waals surface area contributed by atoms with Gasteiger partial charge in [0.05, 0.1) is 0 Å². The average molecular weight is 212 g/mol. The molecule has 15 heavy (non-hydrogen) atoms. The summed E-state index contributed by atoms with van der Waals surface area (Å²) in [7, 11) is 0. The minimum Gasteiger partial charge on any atom is -0.381 e. The van der Waals surface area contributed by atoms with Crippen LogP contribution in [0.5, 0.6) is 0 Å². The lowest BCUT2D eigenvalue weighted by Crippen LogP contribution is -2.41. The van der Waals surface area contributed by atoms with Crippen molar-refractivity contribution < 1.29 is 4.74 Å². The van der Waals surface area contributed by atoms with Crippen LogP contribution in [-0.4, -0.2) is 31.8 Å². The van der Waals surface area contributed by atoms with Gasteiger partial charge in [-0.2, -0.15) is 0 Å². The van der Waals surface area contributed by atoms with Crippen molar-refractivity contribution in [3.05, 3.63) is 0 Å². The van der Waals surface area contributed by atoms with E-state index in [4.69, 9.17) is 10.5 Å². The molecule has 1 saturated carbocycles. The summed E-state index contributed by atoms with van der Waals surface area (Å²) >= 11 is 0. The van der Waals surface area contributed by atoms with Gasteiger partial charge < -0.3 is 15.8 Å². The van der Waals surface area contributed by atoms with E-state index in [0.717, 1.165) is 19.1 Å². The third kappa shape index (κ3) is 3.74. The molecule has 1 aliphatic heterocycles. The molecule has 2 aliphatic rings. The Hall–Kier alpha value is -0.120. The van der Waals surface area contributed by atoms with E-state index in [1.165, 1.54) is 45.1 Å². The first kappa shape index (κ1) is 11.4. The van der Waals surface area contributed by atoms with Crippen LogP contribution in [0.15, 0.2) is 0 Å². The standard InChI is InChI=1S/C12H24N2O/c13-11-2-1-3-12(8-11)14-9-10-4-6-15-7-5-10/h10-12,14H,1-9,13H2. The van der Waals surface area contributed by atoms with Gasteiger partial charge in [-0.15, -0.1) is 0 Å². The van der Waals surface area contributed by atoms with Crippen molar-refractivity contribution in [2.45, 2.75) is 50.6 Å². The summed E-state index contributed by atoms with van der Waals surface area (Å²) in [5.41, 5.74) is 5.97. The number of rotatable bonds is 3. The molecule has 3 N–H and O–H groups in total. The highest BCUT2D eigenvalue weighted by atomic mass is 16.5. The van der Waals surface area contributed by atoms with Crippen LogP contribution < -0.4 is 11.1 Å². The van der Waals surface area contributed by atoms with E-state index in [0.29, 0.717) is 12.1 Å². The van der Waals surface area contributed by atoms with Gasteiger partial charge >= 0.3 is 0 Å². The largest absolute Gasteiger partial charge is 0.381 e. The molecule has 1 heterocycles. The van der Waals surface area contributed by atoms with Crippen LogP contribution in [0.2, 0.25) is 0 Å². The molecule has 1 saturated heterocycles. The molecule has 0 aromatic carbocycles. The van der Waals surface area contributed by atoms with Crippen LogP contribution in [0.3, 0.4) is 0 Å². The number of nitrogens with two attached hydrogens (primary N) is 1. The molecule has 3 nitrogen and oxygen atoms in total. The highest BCUT2D eigenvalue weighted by Crippen LogP contribution is 2.18. The maximum absolute atomic E-state index is 5.97. The molecule has 1 aliphatic carbocycles. The van der Waals surface area contributed by atoms with Crippen LogP contribution in [0.25, 0.3) is 0 Å². The Morgan fingerprint density at radius 3 is 2.67 bits per heavy atom. The van der Waals surface area contributed by atoms with Gasteiger partial charge in [0.25, 0.3) is 0 Å². The average Bonchev–Trinajstić information content (AvgIpc) is 2.28. The van der Waals surface area contributed by atoms with E-state index in [1.54, 1.807) is 0 Å². The molecule has 3 heteroatoms. The predicted octanol–water partition coefficient (Wildman–Crippen LogP) is 1.27. The second-order valence-corrected chi connectivity index (χ2v) is 5.09. The molecule has 2 fully saturated rings. The normalized spacial score (nSPS) is 34.2. The fourth-order valence-corrected chi connectivity index (χ4v) is 2.70. The maximum atomic E-state index is 5.97. The lowest BCUT2D eigenvalue weighted by Gasteiger charge is -2.30. The molecule has 0 bridgehead atoms. The van der Waals surface area contributed by atoms with Gasteiger partial charge in [0, 0.05) is 25.3 Å².